The number of aromatic nitrogens is 2. The molecule has 1 heterocycles. The van der Waals surface area contributed by atoms with E-state index in [-0.39, 0.29) is 0 Å². The number of nitrogens with zero attached hydrogens (tertiary/aromatic N) is 2. The van der Waals surface area contributed by atoms with Gasteiger partial charge in [0.25, 0.3) is 0 Å². The molecule has 0 radical (unpaired) electrons. The number of thioether (sulfide) groups is 1. The molecule has 1 atom stereocenters. The van der Waals surface area contributed by atoms with Crippen molar-refractivity contribution in [3.63, 3.8) is 0 Å². The third-order valence-electron chi connectivity index (χ3n) is 2.56. The van der Waals surface area contributed by atoms with Crippen molar-refractivity contribution in [2.75, 3.05) is 11.6 Å². The first-order chi connectivity index (χ1) is 7.19. The highest BCUT2D eigenvalue weighted by atomic mass is 35.5. The van der Waals surface area contributed by atoms with Crippen molar-refractivity contribution < 1.29 is 0 Å². The van der Waals surface area contributed by atoms with Crippen molar-refractivity contribution in [1.82, 2.24) is 9.97 Å². The van der Waals surface area contributed by atoms with Crippen LogP contribution < -0.4 is 5.32 Å². The van der Waals surface area contributed by atoms with Gasteiger partial charge in [-0.3, -0.25) is 0 Å². The molecule has 3 nitrogen and oxygen atoms in total. The van der Waals surface area contributed by atoms with E-state index in [4.69, 9.17) is 11.6 Å². The van der Waals surface area contributed by atoms with Crippen molar-refractivity contribution in [2.24, 2.45) is 5.92 Å². The maximum absolute atomic E-state index is 5.90. The van der Waals surface area contributed by atoms with E-state index in [1.54, 1.807) is 6.07 Å². The maximum Gasteiger partial charge on any atom is 0.190 e. The third-order valence-corrected chi connectivity index (χ3v) is 3.30. The Kier molecular flexibility index (Phi) is 3.36. The molecule has 1 aromatic rings. The molecular weight excluding hydrogens is 230 g/mol. The van der Waals surface area contributed by atoms with Gasteiger partial charge in [0.05, 0.1) is 0 Å². The summed E-state index contributed by atoms with van der Waals surface area (Å²) in [6.07, 6.45) is 4.59. The molecule has 0 amide bonds. The number of hydrogen-bond donors (Lipinski definition) is 1. The molecular formula is C10H14ClN3S. The van der Waals surface area contributed by atoms with Gasteiger partial charge in [-0.25, -0.2) is 9.97 Å². The predicted molar refractivity (Wildman–Crippen MR) is 64.6 cm³/mol. The number of halogens is 1. The largest absolute Gasteiger partial charge is 0.367 e. The molecule has 1 unspecified atom stereocenters. The zero-order valence-corrected chi connectivity index (χ0v) is 10.4. The molecule has 2 rings (SSSR count). The first-order valence-corrected chi connectivity index (χ1v) is 6.64. The van der Waals surface area contributed by atoms with Gasteiger partial charge in [0.1, 0.15) is 11.0 Å². The average Bonchev–Trinajstić information content (AvgIpc) is 2.99. The lowest BCUT2D eigenvalue weighted by Gasteiger charge is -2.13. The lowest BCUT2D eigenvalue weighted by atomic mass is 10.2. The Morgan fingerprint density at radius 2 is 2.27 bits per heavy atom. The second-order valence-corrected chi connectivity index (χ2v) is 4.99. The number of rotatable bonds is 4. The third kappa shape index (κ3) is 2.98. The first-order valence-electron chi connectivity index (χ1n) is 5.04. The molecule has 1 aliphatic rings. The van der Waals surface area contributed by atoms with E-state index in [1.807, 2.05) is 6.26 Å². The second kappa shape index (κ2) is 4.58. The zero-order valence-electron chi connectivity index (χ0n) is 8.83. The average molecular weight is 244 g/mol. The van der Waals surface area contributed by atoms with Crippen LogP contribution in [0.4, 0.5) is 5.82 Å². The Balaban J connectivity index is 2.08. The summed E-state index contributed by atoms with van der Waals surface area (Å²) in [5, 5.41) is 4.59. The number of nitrogens with one attached hydrogen (secondary N) is 1. The molecule has 5 heteroatoms. The molecule has 82 valence electrons. The molecule has 0 aromatic carbocycles. The fourth-order valence-corrected chi connectivity index (χ4v) is 2.12. The van der Waals surface area contributed by atoms with Crippen LogP contribution in [-0.2, 0) is 0 Å². The van der Waals surface area contributed by atoms with Gasteiger partial charge < -0.3 is 5.32 Å². The minimum Gasteiger partial charge on any atom is -0.367 e. The van der Waals surface area contributed by atoms with E-state index >= 15 is 0 Å². The predicted octanol–water partition coefficient (Wildman–Crippen LogP) is 3.06. The van der Waals surface area contributed by atoms with Crippen molar-refractivity contribution >= 4 is 29.2 Å². The molecule has 0 bridgehead atoms. The van der Waals surface area contributed by atoms with Crippen LogP contribution in [0.2, 0.25) is 5.15 Å². The number of anilines is 1. The van der Waals surface area contributed by atoms with Gasteiger partial charge in [-0.1, -0.05) is 23.4 Å². The van der Waals surface area contributed by atoms with Crippen molar-refractivity contribution in [3.05, 3.63) is 11.2 Å². The minimum atomic E-state index is 0.477. The summed E-state index contributed by atoms with van der Waals surface area (Å²) in [5.74, 6) is 1.63. The summed E-state index contributed by atoms with van der Waals surface area (Å²) >= 11 is 7.40. The standard InChI is InChI=1S/C10H14ClN3S/c1-6(7-3-4-7)12-9-5-8(11)13-10(14-9)15-2/h5-7H,3-4H2,1-2H3,(H,12,13,14). The topological polar surface area (TPSA) is 37.8 Å². The summed E-state index contributed by atoms with van der Waals surface area (Å²) in [6.45, 7) is 2.19. The van der Waals surface area contributed by atoms with E-state index in [0.717, 1.165) is 11.7 Å². The number of hydrogen-bond acceptors (Lipinski definition) is 4. The van der Waals surface area contributed by atoms with Crippen LogP contribution >= 0.6 is 23.4 Å². The van der Waals surface area contributed by atoms with Gasteiger partial charge in [-0.15, -0.1) is 0 Å². The van der Waals surface area contributed by atoms with Crippen molar-refractivity contribution in [2.45, 2.75) is 31.0 Å². The highest BCUT2D eigenvalue weighted by Gasteiger charge is 2.28. The van der Waals surface area contributed by atoms with E-state index in [1.165, 1.54) is 24.6 Å². The summed E-state index contributed by atoms with van der Waals surface area (Å²) in [5.41, 5.74) is 0. The van der Waals surface area contributed by atoms with Crippen LogP contribution in [-0.4, -0.2) is 22.3 Å². The van der Waals surface area contributed by atoms with Crippen LogP contribution in [0.5, 0.6) is 0 Å². The van der Waals surface area contributed by atoms with E-state index < -0.39 is 0 Å². The molecule has 1 aromatic heterocycles. The van der Waals surface area contributed by atoms with E-state index in [9.17, 15) is 0 Å². The normalized spacial score (nSPS) is 17.5. The summed E-state index contributed by atoms with van der Waals surface area (Å²) < 4.78 is 0. The van der Waals surface area contributed by atoms with E-state index in [0.29, 0.717) is 16.4 Å². The van der Waals surface area contributed by atoms with Crippen LogP contribution in [0.25, 0.3) is 0 Å². The first kappa shape index (κ1) is 11.0. The highest BCUT2D eigenvalue weighted by Crippen LogP contribution is 2.34. The van der Waals surface area contributed by atoms with Gasteiger partial charge in [-0.2, -0.15) is 0 Å². The lowest BCUT2D eigenvalue weighted by Crippen LogP contribution is -2.18. The van der Waals surface area contributed by atoms with Gasteiger partial charge in [0.2, 0.25) is 0 Å². The highest BCUT2D eigenvalue weighted by molar-refractivity contribution is 7.98. The van der Waals surface area contributed by atoms with Crippen molar-refractivity contribution in [3.8, 4) is 0 Å². The Labute approximate surface area is 99.0 Å². The Bertz CT molecular complexity index is 355. The Morgan fingerprint density at radius 1 is 1.53 bits per heavy atom. The second-order valence-electron chi connectivity index (χ2n) is 3.83. The molecule has 0 spiro atoms. The molecule has 0 aliphatic heterocycles. The van der Waals surface area contributed by atoms with Crippen LogP contribution in [0.1, 0.15) is 19.8 Å². The van der Waals surface area contributed by atoms with E-state index in [2.05, 4.69) is 22.2 Å². The van der Waals surface area contributed by atoms with Crippen LogP contribution in [0, 0.1) is 5.92 Å². The maximum atomic E-state index is 5.90. The summed E-state index contributed by atoms with van der Waals surface area (Å²) in [7, 11) is 0. The molecule has 15 heavy (non-hydrogen) atoms. The molecule has 1 saturated carbocycles. The molecule has 1 N–H and O–H groups in total. The zero-order chi connectivity index (χ0) is 10.8. The monoisotopic (exact) mass is 243 g/mol. The van der Waals surface area contributed by atoms with Gasteiger partial charge in [0.15, 0.2) is 5.16 Å². The van der Waals surface area contributed by atoms with Crippen LogP contribution in [0.15, 0.2) is 11.2 Å². The molecule has 0 saturated heterocycles. The smallest absolute Gasteiger partial charge is 0.190 e. The summed E-state index contributed by atoms with van der Waals surface area (Å²) in [4.78, 5) is 8.46. The lowest BCUT2D eigenvalue weighted by molar-refractivity contribution is 0.688. The van der Waals surface area contributed by atoms with Crippen molar-refractivity contribution in [1.29, 1.82) is 0 Å². The van der Waals surface area contributed by atoms with Gasteiger partial charge in [-0.05, 0) is 31.9 Å². The van der Waals surface area contributed by atoms with Gasteiger partial charge in [0, 0.05) is 12.1 Å². The summed E-state index contributed by atoms with van der Waals surface area (Å²) in [6, 6.07) is 2.26. The SMILES string of the molecule is CSc1nc(Cl)cc(NC(C)C2CC2)n1. The fraction of sp³-hybridized carbons (Fsp3) is 0.600. The van der Waals surface area contributed by atoms with Gasteiger partial charge >= 0.3 is 0 Å². The Hall–Kier alpha value is -0.480. The Morgan fingerprint density at radius 3 is 2.87 bits per heavy atom. The molecule has 1 fully saturated rings. The quantitative estimate of drug-likeness (QED) is 0.501. The molecule has 1 aliphatic carbocycles. The minimum absolute atomic E-state index is 0.477. The van der Waals surface area contributed by atoms with Crippen LogP contribution in [0.3, 0.4) is 0 Å². The fourth-order valence-electron chi connectivity index (χ4n) is 1.51.